The average Bonchev–Trinajstić information content (AvgIpc) is 2.51. The number of rotatable bonds is 7. The molecule has 0 aromatic rings. The van der Waals surface area contributed by atoms with Gasteiger partial charge in [0.25, 0.3) is 0 Å². The number of sulfone groups is 1. The van der Waals surface area contributed by atoms with Crippen LogP contribution in [0.15, 0.2) is 0 Å². The van der Waals surface area contributed by atoms with E-state index in [2.05, 4.69) is 4.90 Å². The summed E-state index contributed by atoms with van der Waals surface area (Å²) in [6, 6.07) is 0.347. The van der Waals surface area contributed by atoms with Crippen LogP contribution in [0.5, 0.6) is 0 Å². The van der Waals surface area contributed by atoms with Crippen molar-refractivity contribution in [1.82, 2.24) is 4.90 Å². The lowest BCUT2D eigenvalue weighted by Crippen LogP contribution is -2.40. The summed E-state index contributed by atoms with van der Waals surface area (Å²) in [6.07, 6.45) is 5.78. The molecule has 0 aliphatic carbocycles. The molecule has 114 valence electrons. The topological polar surface area (TPSA) is 57.6 Å². The maximum atomic E-state index is 11.8. The van der Waals surface area contributed by atoms with Gasteiger partial charge in [-0.1, -0.05) is 19.8 Å². The van der Waals surface area contributed by atoms with E-state index in [4.69, 9.17) is 0 Å². The maximum Gasteiger partial charge on any atom is 0.151 e. The second kappa shape index (κ2) is 8.22. The third-order valence-electron chi connectivity index (χ3n) is 3.82. The van der Waals surface area contributed by atoms with Gasteiger partial charge in [-0.3, -0.25) is 4.90 Å². The van der Waals surface area contributed by atoms with Crippen molar-refractivity contribution >= 4 is 9.84 Å². The predicted octanol–water partition coefficient (Wildman–Crippen LogP) is 1.83. The lowest BCUT2D eigenvalue weighted by Gasteiger charge is -2.30. The van der Waals surface area contributed by atoms with Crippen molar-refractivity contribution in [3.63, 3.8) is 0 Å². The number of nitrogens with zero attached hydrogens (tertiary/aromatic N) is 1. The quantitative estimate of drug-likeness (QED) is 0.777. The summed E-state index contributed by atoms with van der Waals surface area (Å²) in [5.41, 5.74) is 0. The van der Waals surface area contributed by atoms with Gasteiger partial charge in [-0.15, -0.1) is 0 Å². The highest BCUT2D eigenvalue weighted by Crippen LogP contribution is 2.20. The molecule has 0 radical (unpaired) electrons. The van der Waals surface area contributed by atoms with Crippen molar-refractivity contribution in [1.29, 1.82) is 0 Å². The second-order valence-corrected chi connectivity index (χ2v) is 8.08. The molecule has 4 nitrogen and oxygen atoms in total. The van der Waals surface area contributed by atoms with Crippen LogP contribution in [0, 0.1) is 0 Å². The molecule has 2 atom stereocenters. The highest BCUT2D eigenvalue weighted by Gasteiger charge is 2.23. The number of aliphatic hydroxyl groups is 1. The van der Waals surface area contributed by atoms with Crippen molar-refractivity contribution in [2.24, 2.45) is 0 Å². The van der Waals surface area contributed by atoms with Gasteiger partial charge in [-0.05, 0) is 39.2 Å². The number of likely N-dealkylation sites (tertiary alicyclic amines) is 1. The standard InChI is InChI=1S/C14H29NO3S/c1-3-10-19(17,18)11-9-15-8-6-4-5-7-14(15)12-13(2)16/h13-14,16H,3-12H2,1-2H3. The lowest BCUT2D eigenvalue weighted by molar-refractivity contribution is 0.116. The van der Waals surface area contributed by atoms with Crippen LogP contribution in [-0.2, 0) is 9.84 Å². The van der Waals surface area contributed by atoms with E-state index in [9.17, 15) is 13.5 Å². The Morgan fingerprint density at radius 1 is 1.26 bits per heavy atom. The van der Waals surface area contributed by atoms with Crippen molar-refractivity contribution in [3.8, 4) is 0 Å². The molecule has 2 unspecified atom stereocenters. The highest BCUT2D eigenvalue weighted by atomic mass is 32.2. The van der Waals surface area contributed by atoms with E-state index in [0.29, 0.717) is 24.8 Å². The minimum Gasteiger partial charge on any atom is -0.393 e. The van der Waals surface area contributed by atoms with Gasteiger partial charge in [-0.25, -0.2) is 8.42 Å². The van der Waals surface area contributed by atoms with E-state index >= 15 is 0 Å². The summed E-state index contributed by atoms with van der Waals surface area (Å²) < 4.78 is 23.6. The molecule has 1 heterocycles. The normalized spacial score (nSPS) is 24.1. The Balaban J connectivity index is 2.55. The Kier molecular flexibility index (Phi) is 7.32. The van der Waals surface area contributed by atoms with Gasteiger partial charge >= 0.3 is 0 Å². The number of hydrogen-bond donors (Lipinski definition) is 1. The molecular weight excluding hydrogens is 262 g/mol. The fourth-order valence-corrected chi connectivity index (χ4v) is 4.20. The van der Waals surface area contributed by atoms with E-state index in [1.54, 1.807) is 0 Å². The molecular formula is C14H29NO3S. The molecule has 0 saturated carbocycles. The first-order valence-electron chi connectivity index (χ1n) is 7.57. The minimum absolute atomic E-state index is 0.261. The van der Waals surface area contributed by atoms with Crippen LogP contribution in [0.1, 0.15) is 52.4 Å². The molecule has 1 N–H and O–H groups in total. The van der Waals surface area contributed by atoms with E-state index in [0.717, 1.165) is 25.8 Å². The van der Waals surface area contributed by atoms with Crippen LogP contribution >= 0.6 is 0 Å². The van der Waals surface area contributed by atoms with Crippen LogP contribution < -0.4 is 0 Å². The van der Waals surface area contributed by atoms with Crippen LogP contribution in [0.2, 0.25) is 0 Å². The van der Waals surface area contributed by atoms with E-state index in [-0.39, 0.29) is 11.9 Å². The summed E-state index contributed by atoms with van der Waals surface area (Å²) in [4.78, 5) is 2.28. The molecule has 1 fully saturated rings. The zero-order valence-electron chi connectivity index (χ0n) is 12.3. The molecule has 0 aromatic heterocycles. The molecule has 0 amide bonds. The maximum absolute atomic E-state index is 11.8. The van der Waals surface area contributed by atoms with E-state index < -0.39 is 9.84 Å². The third kappa shape index (κ3) is 6.72. The summed E-state index contributed by atoms with van der Waals surface area (Å²) in [5, 5.41) is 9.58. The van der Waals surface area contributed by atoms with Crippen molar-refractivity contribution in [2.75, 3.05) is 24.6 Å². The summed E-state index contributed by atoms with van der Waals surface area (Å²) in [7, 11) is -2.90. The Morgan fingerprint density at radius 3 is 2.63 bits per heavy atom. The number of hydrogen-bond acceptors (Lipinski definition) is 4. The SMILES string of the molecule is CCCS(=O)(=O)CCN1CCCCCC1CC(C)O. The first-order valence-corrected chi connectivity index (χ1v) is 9.39. The van der Waals surface area contributed by atoms with Gasteiger partial charge in [0.2, 0.25) is 0 Å². The molecule has 0 aromatic carbocycles. The Morgan fingerprint density at radius 2 is 2.00 bits per heavy atom. The van der Waals surface area contributed by atoms with Crippen LogP contribution in [0.3, 0.4) is 0 Å². The van der Waals surface area contributed by atoms with E-state index in [1.807, 2.05) is 13.8 Å². The number of aliphatic hydroxyl groups excluding tert-OH is 1. The van der Waals surface area contributed by atoms with Gasteiger partial charge in [0, 0.05) is 18.3 Å². The minimum atomic E-state index is -2.90. The van der Waals surface area contributed by atoms with E-state index in [1.165, 1.54) is 12.8 Å². The Labute approximate surface area is 118 Å². The average molecular weight is 291 g/mol. The van der Waals surface area contributed by atoms with Gasteiger partial charge in [0.1, 0.15) is 0 Å². The van der Waals surface area contributed by atoms with Crippen molar-refractivity contribution < 1.29 is 13.5 Å². The molecule has 1 rings (SSSR count). The summed E-state index contributed by atoms with van der Waals surface area (Å²) >= 11 is 0. The van der Waals surface area contributed by atoms with Gasteiger partial charge in [0.05, 0.1) is 11.9 Å². The predicted molar refractivity (Wildman–Crippen MR) is 79.1 cm³/mol. The first kappa shape index (κ1) is 16.9. The highest BCUT2D eigenvalue weighted by molar-refractivity contribution is 7.91. The first-order chi connectivity index (χ1) is 8.94. The fourth-order valence-electron chi connectivity index (χ4n) is 2.86. The van der Waals surface area contributed by atoms with Crippen molar-refractivity contribution in [3.05, 3.63) is 0 Å². The largest absolute Gasteiger partial charge is 0.393 e. The van der Waals surface area contributed by atoms with Gasteiger partial charge in [0.15, 0.2) is 9.84 Å². The zero-order valence-corrected chi connectivity index (χ0v) is 13.2. The molecule has 19 heavy (non-hydrogen) atoms. The lowest BCUT2D eigenvalue weighted by atomic mass is 10.0. The van der Waals surface area contributed by atoms with Crippen molar-refractivity contribution in [2.45, 2.75) is 64.5 Å². The molecule has 0 bridgehead atoms. The summed E-state index contributed by atoms with van der Waals surface area (Å²) in [5.74, 6) is 0.555. The third-order valence-corrected chi connectivity index (χ3v) is 5.65. The molecule has 1 saturated heterocycles. The summed E-state index contributed by atoms with van der Waals surface area (Å²) in [6.45, 7) is 5.31. The van der Waals surface area contributed by atoms with Crippen LogP contribution in [-0.4, -0.2) is 55.2 Å². The Hall–Kier alpha value is -0.130. The van der Waals surface area contributed by atoms with Crippen LogP contribution in [0.25, 0.3) is 0 Å². The molecule has 1 aliphatic heterocycles. The zero-order chi connectivity index (χ0) is 14.3. The monoisotopic (exact) mass is 291 g/mol. The van der Waals surface area contributed by atoms with Gasteiger partial charge in [-0.2, -0.15) is 0 Å². The van der Waals surface area contributed by atoms with Crippen LogP contribution in [0.4, 0.5) is 0 Å². The second-order valence-electron chi connectivity index (χ2n) is 5.78. The van der Waals surface area contributed by atoms with Gasteiger partial charge < -0.3 is 5.11 Å². The Bertz CT molecular complexity index is 341. The molecule has 1 aliphatic rings. The fraction of sp³-hybridized carbons (Fsp3) is 1.00. The molecule has 0 spiro atoms. The molecule has 5 heteroatoms. The smallest absolute Gasteiger partial charge is 0.151 e.